The van der Waals surface area contributed by atoms with Crippen molar-refractivity contribution in [3.63, 3.8) is 0 Å². The summed E-state index contributed by atoms with van der Waals surface area (Å²) in [4.78, 5) is 19.6. The number of halogens is 2. The van der Waals surface area contributed by atoms with Crippen molar-refractivity contribution >= 4 is 34.1 Å². The summed E-state index contributed by atoms with van der Waals surface area (Å²) in [6.45, 7) is 2.57. The van der Waals surface area contributed by atoms with E-state index in [0.29, 0.717) is 17.8 Å². The van der Waals surface area contributed by atoms with E-state index in [1.54, 1.807) is 23.1 Å². The molecule has 27 heavy (non-hydrogen) atoms. The molecular weight excluding hydrogens is 363 g/mol. The number of carbonyl (C=O) groups is 1. The normalized spacial score (nSPS) is 13.0. The molecular formula is C22H20ClFN2O. The van der Waals surface area contributed by atoms with Gasteiger partial charge < -0.3 is 4.90 Å². The van der Waals surface area contributed by atoms with Crippen LogP contribution >= 0.6 is 11.6 Å². The third-order valence-corrected chi connectivity index (χ3v) is 5.45. The van der Waals surface area contributed by atoms with Crippen molar-refractivity contribution in [3.05, 3.63) is 70.1 Å². The Morgan fingerprint density at radius 1 is 1.19 bits per heavy atom. The van der Waals surface area contributed by atoms with Gasteiger partial charge in [0, 0.05) is 28.9 Å². The van der Waals surface area contributed by atoms with Gasteiger partial charge in [-0.15, -0.1) is 0 Å². The number of fused-ring (bicyclic) bond motifs is 2. The van der Waals surface area contributed by atoms with Crippen LogP contribution in [0.25, 0.3) is 10.9 Å². The van der Waals surface area contributed by atoms with Crippen LogP contribution in [-0.2, 0) is 12.8 Å². The van der Waals surface area contributed by atoms with Gasteiger partial charge in [0.15, 0.2) is 0 Å². The molecule has 1 amide bonds. The van der Waals surface area contributed by atoms with E-state index in [-0.39, 0.29) is 11.7 Å². The quantitative estimate of drug-likeness (QED) is 0.590. The average Bonchev–Trinajstić information content (AvgIpc) is 3.15. The Bertz CT molecular complexity index is 1020. The second-order valence-electron chi connectivity index (χ2n) is 6.87. The van der Waals surface area contributed by atoms with Crippen molar-refractivity contribution in [3.8, 4) is 0 Å². The maximum atomic E-state index is 13.3. The monoisotopic (exact) mass is 382 g/mol. The highest BCUT2D eigenvalue weighted by Crippen LogP contribution is 2.34. The maximum absolute atomic E-state index is 13.3. The number of aryl methyl sites for hydroxylation is 1. The van der Waals surface area contributed by atoms with Crippen LogP contribution in [0.5, 0.6) is 0 Å². The van der Waals surface area contributed by atoms with E-state index >= 15 is 0 Å². The highest BCUT2D eigenvalue weighted by atomic mass is 35.5. The second kappa shape index (κ2) is 7.28. The number of carbonyl (C=O) groups excluding carboxylic acids is 1. The number of hydrogen-bond donors (Lipinski definition) is 0. The van der Waals surface area contributed by atoms with Gasteiger partial charge in [0.2, 0.25) is 0 Å². The van der Waals surface area contributed by atoms with Crippen LogP contribution in [0.2, 0.25) is 5.02 Å². The highest BCUT2D eigenvalue weighted by Gasteiger charge is 2.21. The summed E-state index contributed by atoms with van der Waals surface area (Å²) in [5.41, 5.74) is 4.18. The predicted octanol–water partition coefficient (Wildman–Crippen LogP) is 5.57. The first kappa shape index (κ1) is 17.9. The number of anilines is 1. The number of pyridine rings is 1. The molecule has 0 bridgehead atoms. The Labute approximate surface area is 162 Å². The van der Waals surface area contributed by atoms with Crippen LogP contribution in [0.4, 0.5) is 10.1 Å². The van der Waals surface area contributed by atoms with Crippen LogP contribution in [0.15, 0.2) is 42.5 Å². The Kier molecular flexibility index (Phi) is 4.83. The van der Waals surface area contributed by atoms with Gasteiger partial charge in [-0.2, -0.15) is 0 Å². The molecule has 3 nitrogen and oxygen atoms in total. The lowest BCUT2D eigenvalue weighted by atomic mass is 10.1. The first-order valence-corrected chi connectivity index (χ1v) is 9.64. The topological polar surface area (TPSA) is 33.2 Å². The molecule has 1 aliphatic carbocycles. The zero-order chi connectivity index (χ0) is 19.0. The molecule has 0 aliphatic heterocycles. The minimum Gasteiger partial charge on any atom is -0.308 e. The third-order valence-electron chi connectivity index (χ3n) is 5.02. The van der Waals surface area contributed by atoms with E-state index < -0.39 is 0 Å². The summed E-state index contributed by atoms with van der Waals surface area (Å²) >= 11 is 6.57. The van der Waals surface area contributed by atoms with E-state index in [1.807, 2.05) is 19.1 Å². The summed E-state index contributed by atoms with van der Waals surface area (Å²) in [7, 11) is 0. The molecule has 0 N–H and O–H groups in total. The summed E-state index contributed by atoms with van der Waals surface area (Å²) in [6.07, 6.45) is 3.76. The number of hydrogen-bond acceptors (Lipinski definition) is 2. The molecule has 0 atom stereocenters. The summed E-state index contributed by atoms with van der Waals surface area (Å²) in [6, 6.07) is 11.5. The van der Waals surface area contributed by atoms with Crippen LogP contribution in [0, 0.1) is 5.82 Å². The molecule has 0 unspecified atom stereocenters. The summed E-state index contributed by atoms with van der Waals surface area (Å²) < 4.78 is 13.3. The van der Waals surface area contributed by atoms with Gasteiger partial charge in [-0.3, -0.25) is 9.78 Å². The van der Waals surface area contributed by atoms with E-state index in [2.05, 4.69) is 0 Å². The van der Waals surface area contributed by atoms with E-state index in [1.165, 1.54) is 12.1 Å². The second-order valence-corrected chi connectivity index (χ2v) is 7.25. The lowest BCUT2D eigenvalue weighted by Crippen LogP contribution is -2.31. The van der Waals surface area contributed by atoms with Crippen LogP contribution < -0.4 is 4.90 Å². The Morgan fingerprint density at radius 3 is 2.70 bits per heavy atom. The van der Waals surface area contributed by atoms with Crippen molar-refractivity contribution in [1.29, 1.82) is 0 Å². The molecule has 0 fully saturated rings. The molecule has 1 heterocycles. The Morgan fingerprint density at radius 2 is 1.96 bits per heavy atom. The average molecular weight is 383 g/mol. The zero-order valence-electron chi connectivity index (χ0n) is 15.1. The minimum atomic E-state index is -0.318. The van der Waals surface area contributed by atoms with Gasteiger partial charge in [-0.1, -0.05) is 24.6 Å². The molecule has 5 heteroatoms. The number of aromatic nitrogens is 1. The molecule has 0 radical (unpaired) electrons. The van der Waals surface area contributed by atoms with Gasteiger partial charge in [-0.25, -0.2) is 4.39 Å². The highest BCUT2D eigenvalue weighted by molar-refractivity contribution is 6.36. The molecule has 138 valence electrons. The molecule has 0 saturated carbocycles. The minimum absolute atomic E-state index is 0.122. The number of nitrogens with zero attached hydrogens (tertiary/aromatic N) is 2. The standard InChI is InChI=1S/C22H20ClFN2O/c1-2-12-26(16-9-7-15(24)8-10-16)22(27)14-6-11-18-20(13-14)25-19-5-3-4-17(19)21(18)23/h6-11,13H,2-5,12H2,1H3. The van der Waals surface area contributed by atoms with E-state index in [9.17, 15) is 9.18 Å². The SMILES string of the molecule is CCCN(C(=O)c1ccc2c(Cl)c3c(nc2c1)CCC3)c1ccc(F)cc1. The van der Waals surface area contributed by atoms with Crippen LogP contribution in [0.3, 0.4) is 0 Å². The van der Waals surface area contributed by atoms with Crippen LogP contribution in [-0.4, -0.2) is 17.4 Å². The van der Waals surface area contributed by atoms with Crippen molar-refractivity contribution in [2.24, 2.45) is 0 Å². The van der Waals surface area contributed by atoms with Gasteiger partial charge in [0.05, 0.1) is 10.5 Å². The summed E-state index contributed by atoms with van der Waals surface area (Å²) in [5, 5.41) is 1.65. The van der Waals surface area contributed by atoms with Crippen molar-refractivity contribution in [2.45, 2.75) is 32.6 Å². The Balaban J connectivity index is 1.74. The first-order chi connectivity index (χ1) is 13.1. The van der Waals surface area contributed by atoms with Gasteiger partial charge >= 0.3 is 0 Å². The van der Waals surface area contributed by atoms with Crippen molar-refractivity contribution in [2.75, 3.05) is 11.4 Å². The molecule has 2 aromatic carbocycles. The fourth-order valence-electron chi connectivity index (χ4n) is 3.69. The number of amides is 1. The largest absolute Gasteiger partial charge is 0.308 e. The van der Waals surface area contributed by atoms with Gasteiger partial charge in [-0.05, 0) is 67.6 Å². The number of benzene rings is 2. The Hall–Kier alpha value is -2.46. The van der Waals surface area contributed by atoms with Crippen molar-refractivity contribution < 1.29 is 9.18 Å². The lowest BCUT2D eigenvalue weighted by molar-refractivity contribution is 0.0987. The van der Waals surface area contributed by atoms with Gasteiger partial charge in [0.25, 0.3) is 5.91 Å². The fraction of sp³-hybridized carbons (Fsp3) is 0.273. The molecule has 1 aliphatic rings. The smallest absolute Gasteiger partial charge is 0.258 e. The van der Waals surface area contributed by atoms with E-state index in [0.717, 1.165) is 52.9 Å². The molecule has 3 aromatic rings. The summed E-state index contributed by atoms with van der Waals surface area (Å²) in [5.74, 6) is -0.440. The molecule has 0 saturated heterocycles. The van der Waals surface area contributed by atoms with Crippen LogP contribution in [0.1, 0.15) is 41.4 Å². The predicted molar refractivity (Wildman–Crippen MR) is 107 cm³/mol. The van der Waals surface area contributed by atoms with E-state index in [4.69, 9.17) is 16.6 Å². The molecule has 4 rings (SSSR count). The third kappa shape index (κ3) is 3.30. The number of rotatable bonds is 4. The first-order valence-electron chi connectivity index (χ1n) is 9.27. The van der Waals surface area contributed by atoms with Gasteiger partial charge in [0.1, 0.15) is 5.82 Å². The van der Waals surface area contributed by atoms with Crippen molar-refractivity contribution in [1.82, 2.24) is 4.98 Å². The molecule has 0 spiro atoms. The lowest BCUT2D eigenvalue weighted by Gasteiger charge is -2.22. The maximum Gasteiger partial charge on any atom is 0.258 e. The zero-order valence-corrected chi connectivity index (χ0v) is 15.9. The molecule has 1 aromatic heterocycles. The fourth-order valence-corrected chi connectivity index (χ4v) is 4.05.